The molecule has 3 rings (SSSR count). The number of carbonyl (C=O) groups excluding carboxylic acids is 2. The number of anilines is 2. The van der Waals surface area contributed by atoms with E-state index in [0.717, 1.165) is 6.42 Å². The first-order valence-corrected chi connectivity index (χ1v) is 8.26. The maximum Gasteiger partial charge on any atom is 0.307 e. The number of carboxylic acid groups (broad SMARTS) is 1. The standard InChI is InChI=1S/C18H19FN2O4/c19-14-8-7-11(21-9-3-6-16(21)22)10-15(14)20-17(23)12-4-1-2-5-13(12)18(24)25/h1-2,7-8,10,12-13H,3-6,9H2,(H,20,23)(H,24,25)/t12-,13+/m0/s1. The number of aliphatic carboxylic acids is 1. The molecule has 1 saturated heterocycles. The predicted octanol–water partition coefficient (Wildman–Crippen LogP) is 2.56. The highest BCUT2D eigenvalue weighted by molar-refractivity contribution is 5.98. The van der Waals surface area contributed by atoms with Crippen molar-refractivity contribution in [3.63, 3.8) is 0 Å². The first-order chi connectivity index (χ1) is 12.0. The third-order valence-electron chi connectivity index (χ3n) is 4.68. The van der Waals surface area contributed by atoms with Gasteiger partial charge in [0.2, 0.25) is 11.8 Å². The zero-order valence-electron chi connectivity index (χ0n) is 13.6. The van der Waals surface area contributed by atoms with Crippen LogP contribution in [0.15, 0.2) is 30.4 Å². The molecule has 1 aromatic rings. The van der Waals surface area contributed by atoms with E-state index in [-0.39, 0.29) is 18.0 Å². The van der Waals surface area contributed by atoms with Crippen LogP contribution < -0.4 is 10.2 Å². The molecule has 0 radical (unpaired) electrons. The first kappa shape index (κ1) is 17.1. The zero-order chi connectivity index (χ0) is 18.0. The Bertz CT molecular complexity index is 747. The van der Waals surface area contributed by atoms with Crippen LogP contribution in [0.2, 0.25) is 0 Å². The lowest BCUT2D eigenvalue weighted by Crippen LogP contribution is -2.35. The Morgan fingerprint density at radius 1 is 1.20 bits per heavy atom. The van der Waals surface area contributed by atoms with E-state index in [1.807, 2.05) is 0 Å². The maximum atomic E-state index is 14.1. The van der Waals surface area contributed by atoms with Crippen LogP contribution >= 0.6 is 0 Å². The van der Waals surface area contributed by atoms with Gasteiger partial charge in [-0.15, -0.1) is 0 Å². The summed E-state index contributed by atoms with van der Waals surface area (Å²) in [4.78, 5) is 37.2. The van der Waals surface area contributed by atoms with Crippen molar-refractivity contribution in [1.29, 1.82) is 0 Å². The summed E-state index contributed by atoms with van der Waals surface area (Å²) < 4.78 is 14.1. The summed E-state index contributed by atoms with van der Waals surface area (Å²) in [5.41, 5.74) is 0.485. The second kappa shape index (κ2) is 7.04. The molecule has 7 heteroatoms. The number of allylic oxidation sites excluding steroid dienone is 2. The van der Waals surface area contributed by atoms with Gasteiger partial charge in [-0.1, -0.05) is 12.2 Å². The fourth-order valence-corrected chi connectivity index (χ4v) is 3.30. The van der Waals surface area contributed by atoms with Crippen LogP contribution in [0.4, 0.5) is 15.8 Å². The molecule has 0 bridgehead atoms. The van der Waals surface area contributed by atoms with Crippen LogP contribution in [0.1, 0.15) is 25.7 Å². The second-order valence-electron chi connectivity index (χ2n) is 6.30. The van der Waals surface area contributed by atoms with Crippen LogP contribution in [0.3, 0.4) is 0 Å². The molecule has 0 aromatic heterocycles. The van der Waals surface area contributed by atoms with Crippen molar-refractivity contribution in [3.8, 4) is 0 Å². The van der Waals surface area contributed by atoms with E-state index < -0.39 is 29.5 Å². The van der Waals surface area contributed by atoms with Crippen molar-refractivity contribution in [2.24, 2.45) is 11.8 Å². The van der Waals surface area contributed by atoms with Crippen molar-refractivity contribution < 1.29 is 23.9 Å². The highest BCUT2D eigenvalue weighted by Crippen LogP contribution is 2.30. The van der Waals surface area contributed by atoms with Gasteiger partial charge in [0, 0.05) is 18.7 Å². The Morgan fingerprint density at radius 2 is 1.92 bits per heavy atom. The number of hydrogen-bond acceptors (Lipinski definition) is 3. The predicted molar refractivity (Wildman–Crippen MR) is 89.6 cm³/mol. The van der Waals surface area contributed by atoms with E-state index >= 15 is 0 Å². The lowest BCUT2D eigenvalue weighted by molar-refractivity contribution is -0.146. The molecule has 2 aliphatic rings. The number of benzene rings is 1. The van der Waals surface area contributed by atoms with Crippen LogP contribution in [-0.4, -0.2) is 29.4 Å². The van der Waals surface area contributed by atoms with Gasteiger partial charge in [0.1, 0.15) is 5.82 Å². The molecule has 1 fully saturated rings. The number of amides is 2. The number of hydrogen-bond donors (Lipinski definition) is 2. The van der Waals surface area contributed by atoms with E-state index in [2.05, 4.69) is 5.32 Å². The minimum Gasteiger partial charge on any atom is -0.481 e. The highest BCUT2D eigenvalue weighted by atomic mass is 19.1. The highest BCUT2D eigenvalue weighted by Gasteiger charge is 2.34. The van der Waals surface area contributed by atoms with Crippen molar-refractivity contribution in [3.05, 3.63) is 36.2 Å². The van der Waals surface area contributed by atoms with E-state index in [1.165, 1.54) is 18.2 Å². The van der Waals surface area contributed by atoms with Crippen molar-refractivity contribution >= 4 is 29.2 Å². The summed E-state index contributed by atoms with van der Waals surface area (Å²) >= 11 is 0. The average molecular weight is 346 g/mol. The zero-order valence-corrected chi connectivity index (χ0v) is 13.6. The molecule has 1 aromatic carbocycles. The Balaban J connectivity index is 1.79. The molecule has 0 spiro atoms. The van der Waals surface area contributed by atoms with Crippen LogP contribution in [0.25, 0.3) is 0 Å². The maximum absolute atomic E-state index is 14.1. The number of halogens is 1. The molecular formula is C18H19FN2O4. The summed E-state index contributed by atoms with van der Waals surface area (Å²) in [6.45, 7) is 0.562. The van der Waals surface area contributed by atoms with Crippen molar-refractivity contribution in [1.82, 2.24) is 0 Å². The van der Waals surface area contributed by atoms with Gasteiger partial charge in [0.25, 0.3) is 0 Å². The fraction of sp³-hybridized carbons (Fsp3) is 0.389. The van der Waals surface area contributed by atoms with Gasteiger partial charge >= 0.3 is 5.97 Å². The summed E-state index contributed by atoms with van der Waals surface area (Å²) in [7, 11) is 0. The summed E-state index contributed by atoms with van der Waals surface area (Å²) in [5.74, 6) is -3.80. The minimum absolute atomic E-state index is 0.0350. The quantitative estimate of drug-likeness (QED) is 0.821. The normalized spacial score (nSPS) is 22.9. The summed E-state index contributed by atoms with van der Waals surface area (Å²) in [5, 5.41) is 11.8. The van der Waals surface area contributed by atoms with E-state index in [0.29, 0.717) is 25.1 Å². The molecule has 1 aliphatic carbocycles. The number of nitrogens with zero attached hydrogens (tertiary/aromatic N) is 1. The van der Waals surface area contributed by atoms with Gasteiger partial charge in [-0.25, -0.2) is 4.39 Å². The molecule has 0 unspecified atom stereocenters. The molecule has 2 atom stereocenters. The molecule has 2 amide bonds. The molecule has 2 N–H and O–H groups in total. The van der Waals surface area contributed by atoms with E-state index in [1.54, 1.807) is 17.1 Å². The van der Waals surface area contributed by atoms with E-state index in [9.17, 15) is 23.9 Å². The van der Waals surface area contributed by atoms with Crippen molar-refractivity contribution in [2.45, 2.75) is 25.7 Å². The molecule has 25 heavy (non-hydrogen) atoms. The lowest BCUT2D eigenvalue weighted by atomic mass is 9.82. The van der Waals surface area contributed by atoms with Gasteiger partial charge in [-0.3, -0.25) is 14.4 Å². The Morgan fingerprint density at radius 3 is 2.56 bits per heavy atom. The topological polar surface area (TPSA) is 86.7 Å². The molecule has 132 valence electrons. The number of carbonyl (C=O) groups is 3. The van der Waals surface area contributed by atoms with Gasteiger partial charge in [-0.05, 0) is 37.5 Å². The van der Waals surface area contributed by atoms with E-state index in [4.69, 9.17) is 0 Å². The van der Waals surface area contributed by atoms with Crippen LogP contribution in [0.5, 0.6) is 0 Å². The average Bonchev–Trinajstić information content (AvgIpc) is 3.02. The van der Waals surface area contributed by atoms with Crippen molar-refractivity contribution in [2.75, 3.05) is 16.8 Å². The van der Waals surface area contributed by atoms with Crippen LogP contribution in [-0.2, 0) is 14.4 Å². The Kier molecular flexibility index (Phi) is 4.83. The largest absolute Gasteiger partial charge is 0.481 e. The Hall–Kier alpha value is -2.70. The molecule has 6 nitrogen and oxygen atoms in total. The lowest BCUT2D eigenvalue weighted by Gasteiger charge is -2.24. The summed E-state index contributed by atoms with van der Waals surface area (Å²) in [6.07, 6.45) is 5.27. The van der Waals surface area contributed by atoms with Crippen LogP contribution in [0, 0.1) is 17.7 Å². The van der Waals surface area contributed by atoms with Gasteiger partial charge in [0.05, 0.1) is 17.5 Å². The fourth-order valence-electron chi connectivity index (χ4n) is 3.30. The number of carboxylic acids is 1. The summed E-state index contributed by atoms with van der Waals surface area (Å²) in [6, 6.07) is 4.12. The van der Waals surface area contributed by atoms with Gasteiger partial charge in [0.15, 0.2) is 0 Å². The number of nitrogens with one attached hydrogen (secondary N) is 1. The van der Waals surface area contributed by atoms with Gasteiger partial charge < -0.3 is 15.3 Å². The molecular weight excluding hydrogens is 327 g/mol. The van der Waals surface area contributed by atoms with Gasteiger partial charge in [-0.2, -0.15) is 0 Å². The minimum atomic E-state index is -1.04. The smallest absolute Gasteiger partial charge is 0.307 e. The molecule has 1 heterocycles. The monoisotopic (exact) mass is 346 g/mol. The number of rotatable bonds is 4. The first-order valence-electron chi connectivity index (χ1n) is 8.26. The molecule has 0 saturated carbocycles. The third-order valence-corrected chi connectivity index (χ3v) is 4.68. The Labute approximate surface area is 144 Å². The SMILES string of the molecule is O=C(Nc1cc(N2CCCC2=O)ccc1F)[C@H]1CC=CC[C@H]1C(=O)O. The second-order valence-corrected chi connectivity index (χ2v) is 6.30. The third kappa shape index (κ3) is 3.55. The molecule has 1 aliphatic heterocycles.